The highest BCUT2D eigenvalue weighted by molar-refractivity contribution is 5.79. The third-order valence-corrected chi connectivity index (χ3v) is 4.99. The van der Waals surface area contributed by atoms with Gasteiger partial charge in [-0.05, 0) is 50.4 Å². The van der Waals surface area contributed by atoms with E-state index in [1.54, 1.807) is 14.2 Å². The first-order chi connectivity index (χ1) is 12.7. The van der Waals surface area contributed by atoms with Gasteiger partial charge >= 0.3 is 0 Å². The first-order valence-electron chi connectivity index (χ1n) is 9.45. The maximum atomic E-state index is 5.47. The second kappa shape index (κ2) is 11.0. The second-order valence-corrected chi connectivity index (χ2v) is 6.90. The Kier molecular flexibility index (Phi) is 8.71. The molecule has 1 aliphatic heterocycles. The number of nitrogens with zero attached hydrogens (tertiary/aromatic N) is 2. The van der Waals surface area contributed by atoms with Gasteiger partial charge in [-0.3, -0.25) is 4.99 Å². The standard InChI is InChI=1S/C20H34N4O2/c1-16-5-6-18(19(13-16)26-4)15-23-20(21-2)22-14-17-7-9-24(10-8-17)11-12-25-3/h5-6,13,17H,7-12,14-15H2,1-4H3,(H2,21,22,23). The number of guanidine groups is 1. The SMILES string of the molecule is CN=C(NCc1ccc(C)cc1OC)NCC1CCN(CCOC)CC1. The van der Waals surface area contributed by atoms with Crippen LogP contribution in [0.1, 0.15) is 24.0 Å². The summed E-state index contributed by atoms with van der Waals surface area (Å²) in [6, 6.07) is 6.27. The minimum atomic E-state index is 0.693. The van der Waals surface area contributed by atoms with Gasteiger partial charge in [0, 0.05) is 39.4 Å². The van der Waals surface area contributed by atoms with E-state index in [9.17, 15) is 0 Å². The van der Waals surface area contributed by atoms with Gasteiger partial charge < -0.3 is 25.0 Å². The fraction of sp³-hybridized carbons (Fsp3) is 0.650. The monoisotopic (exact) mass is 362 g/mol. The molecule has 6 heteroatoms. The highest BCUT2D eigenvalue weighted by atomic mass is 16.5. The fourth-order valence-electron chi connectivity index (χ4n) is 3.27. The Morgan fingerprint density at radius 1 is 1.23 bits per heavy atom. The van der Waals surface area contributed by atoms with Crippen molar-refractivity contribution < 1.29 is 9.47 Å². The summed E-state index contributed by atoms with van der Waals surface area (Å²) in [7, 11) is 5.29. The van der Waals surface area contributed by atoms with Gasteiger partial charge in [0.25, 0.3) is 0 Å². The molecule has 1 saturated heterocycles. The van der Waals surface area contributed by atoms with Gasteiger partial charge in [-0.25, -0.2) is 0 Å². The van der Waals surface area contributed by atoms with E-state index in [4.69, 9.17) is 9.47 Å². The Balaban J connectivity index is 1.73. The number of methoxy groups -OCH3 is 2. The average molecular weight is 363 g/mol. The largest absolute Gasteiger partial charge is 0.496 e. The van der Waals surface area contributed by atoms with Crippen molar-refractivity contribution >= 4 is 5.96 Å². The Morgan fingerprint density at radius 2 is 2.00 bits per heavy atom. The summed E-state index contributed by atoms with van der Waals surface area (Å²) in [5, 5.41) is 6.86. The molecule has 6 nitrogen and oxygen atoms in total. The van der Waals surface area contributed by atoms with E-state index in [1.165, 1.54) is 18.4 Å². The molecule has 0 aromatic heterocycles. The molecule has 0 amide bonds. The lowest BCUT2D eigenvalue weighted by atomic mass is 9.97. The van der Waals surface area contributed by atoms with Crippen LogP contribution in [0.5, 0.6) is 5.75 Å². The van der Waals surface area contributed by atoms with Crippen LogP contribution in [0, 0.1) is 12.8 Å². The summed E-state index contributed by atoms with van der Waals surface area (Å²) in [5.74, 6) is 2.45. The maximum Gasteiger partial charge on any atom is 0.191 e. The van der Waals surface area contributed by atoms with Crippen molar-refractivity contribution in [2.45, 2.75) is 26.3 Å². The molecule has 26 heavy (non-hydrogen) atoms. The molecule has 2 rings (SSSR count). The molecule has 0 unspecified atom stereocenters. The highest BCUT2D eigenvalue weighted by Crippen LogP contribution is 2.19. The van der Waals surface area contributed by atoms with Crippen molar-refractivity contribution in [3.05, 3.63) is 29.3 Å². The predicted octanol–water partition coefficient (Wildman–Crippen LogP) is 2.03. The van der Waals surface area contributed by atoms with E-state index in [-0.39, 0.29) is 0 Å². The van der Waals surface area contributed by atoms with Gasteiger partial charge in [-0.15, -0.1) is 0 Å². The molecule has 0 radical (unpaired) electrons. The first-order valence-corrected chi connectivity index (χ1v) is 9.45. The molecular weight excluding hydrogens is 328 g/mol. The minimum absolute atomic E-state index is 0.693. The van der Waals surface area contributed by atoms with E-state index >= 15 is 0 Å². The summed E-state index contributed by atoms with van der Waals surface area (Å²) in [5.41, 5.74) is 2.33. The van der Waals surface area contributed by atoms with Gasteiger partial charge in [0.2, 0.25) is 0 Å². The Morgan fingerprint density at radius 3 is 2.65 bits per heavy atom. The summed E-state index contributed by atoms with van der Waals surface area (Å²) in [4.78, 5) is 6.83. The number of rotatable bonds is 8. The maximum absolute atomic E-state index is 5.47. The van der Waals surface area contributed by atoms with Crippen LogP contribution in [0.15, 0.2) is 23.2 Å². The smallest absolute Gasteiger partial charge is 0.191 e. The molecule has 0 spiro atoms. The highest BCUT2D eigenvalue weighted by Gasteiger charge is 2.19. The number of hydrogen-bond acceptors (Lipinski definition) is 4. The first kappa shape index (κ1) is 20.5. The van der Waals surface area contributed by atoms with Crippen molar-refractivity contribution in [3.63, 3.8) is 0 Å². The lowest BCUT2D eigenvalue weighted by Gasteiger charge is -2.32. The van der Waals surface area contributed by atoms with Crippen LogP contribution in [0.2, 0.25) is 0 Å². The van der Waals surface area contributed by atoms with Gasteiger partial charge in [-0.1, -0.05) is 12.1 Å². The molecule has 146 valence electrons. The van der Waals surface area contributed by atoms with E-state index in [0.29, 0.717) is 12.5 Å². The van der Waals surface area contributed by atoms with E-state index < -0.39 is 0 Å². The molecule has 1 aliphatic rings. The number of benzene rings is 1. The van der Waals surface area contributed by atoms with E-state index in [1.807, 2.05) is 7.05 Å². The van der Waals surface area contributed by atoms with Crippen molar-refractivity contribution in [3.8, 4) is 5.75 Å². The molecule has 1 fully saturated rings. The predicted molar refractivity (Wildman–Crippen MR) is 107 cm³/mol. The topological polar surface area (TPSA) is 58.1 Å². The molecule has 1 heterocycles. The van der Waals surface area contributed by atoms with Crippen LogP contribution in [-0.2, 0) is 11.3 Å². The molecule has 0 atom stereocenters. The van der Waals surface area contributed by atoms with Crippen LogP contribution in [0.3, 0.4) is 0 Å². The lowest BCUT2D eigenvalue weighted by molar-refractivity contribution is 0.121. The molecular formula is C20H34N4O2. The number of aryl methyl sites for hydroxylation is 1. The van der Waals surface area contributed by atoms with E-state index in [2.05, 4.69) is 45.6 Å². The van der Waals surface area contributed by atoms with Crippen LogP contribution in [0.25, 0.3) is 0 Å². The van der Waals surface area contributed by atoms with Gasteiger partial charge in [-0.2, -0.15) is 0 Å². The third-order valence-electron chi connectivity index (χ3n) is 4.99. The zero-order valence-corrected chi connectivity index (χ0v) is 16.7. The molecule has 1 aromatic rings. The zero-order valence-electron chi connectivity index (χ0n) is 16.7. The van der Waals surface area contributed by atoms with Gasteiger partial charge in [0.1, 0.15) is 5.75 Å². The second-order valence-electron chi connectivity index (χ2n) is 6.90. The molecule has 1 aromatic carbocycles. The summed E-state index contributed by atoms with van der Waals surface area (Å²) >= 11 is 0. The van der Waals surface area contributed by atoms with Crippen LogP contribution >= 0.6 is 0 Å². The summed E-state index contributed by atoms with van der Waals surface area (Å²) < 4.78 is 10.6. The van der Waals surface area contributed by atoms with Crippen molar-refractivity contribution in [2.24, 2.45) is 10.9 Å². The van der Waals surface area contributed by atoms with E-state index in [0.717, 1.165) is 50.1 Å². The zero-order chi connectivity index (χ0) is 18.8. The van der Waals surface area contributed by atoms with Crippen molar-refractivity contribution in [2.75, 3.05) is 54.1 Å². The number of aliphatic imine (C=N–C) groups is 1. The normalized spacial score (nSPS) is 16.5. The average Bonchev–Trinajstić information content (AvgIpc) is 2.68. The third kappa shape index (κ3) is 6.50. The lowest BCUT2D eigenvalue weighted by Crippen LogP contribution is -2.43. The summed E-state index contributed by atoms with van der Waals surface area (Å²) in [6.45, 7) is 7.90. The Bertz CT molecular complexity index is 569. The summed E-state index contributed by atoms with van der Waals surface area (Å²) in [6.07, 6.45) is 2.44. The number of piperidine rings is 1. The van der Waals surface area contributed by atoms with Gasteiger partial charge in [0.15, 0.2) is 5.96 Å². The number of nitrogens with one attached hydrogen (secondary N) is 2. The van der Waals surface area contributed by atoms with Crippen LogP contribution in [-0.4, -0.2) is 64.9 Å². The Labute approximate surface area is 158 Å². The molecule has 0 aliphatic carbocycles. The number of likely N-dealkylation sites (tertiary alicyclic amines) is 1. The Hall–Kier alpha value is -1.79. The molecule has 0 bridgehead atoms. The fourth-order valence-corrected chi connectivity index (χ4v) is 3.27. The van der Waals surface area contributed by atoms with Crippen LogP contribution < -0.4 is 15.4 Å². The molecule has 2 N–H and O–H groups in total. The number of hydrogen-bond donors (Lipinski definition) is 2. The quantitative estimate of drug-likeness (QED) is 0.547. The van der Waals surface area contributed by atoms with Crippen LogP contribution in [0.4, 0.5) is 0 Å². The number of ether oxygens (including phenoxy) is 2. The van der Waals surface area contributed by atoms with Crippen molar-refractivity contribution in [1.29, 1.82) is 0 Å². The van der Waals surface area contributed by atoms with Gasteiger partial charge in [0.05, 0.1) is 13.7 Å². The van der Waals surface area contributed by atoms with Crippen molar-refractivity contribution in [1.82, 2.24) is 15.5 Å². The molecule has 0 saturated carbocycles. The minimum Gasteiger partial charge on any atom is -0.496 e.